The molecular formula is C3H10N2O2. The number of nitrogens with one attached hydrogen (secondary N) is 1. The number of carbonyl (C=O) groups is 1. The molecule has 0 radical (unpaired) electrons. The fourth-order valence-corrected chi connectivity index (χ4v) is 0. The Morgan fingerprint density at radius 2 is 2.00 bits per heavy atom. The average molecular weight is 106 g/mol. The van der Waals surface area contributed by atoms with Crippen molar-refractivity contribution in [3.8, 4) is 0 Å². The Morgan fingerprint density at radius 1 is 1.86 bits per heavy atom. The van der Waals surface area contributed by atoms with Crippen LogP contribution in [0.5, 0.6) is 0 Å². The lowest BCUT2D eigenvalue weighted by molar-refractivity contribution is -0.126. The zero-order valence-electron chi connectivity index (χ0n) is 4.47. The lowest BCUT2D eigenvalue weighted by Crippen LogP contribution is -2.13. The third-order valence-corrected chi connectivity index (χ3v) is 0.0962. The Labute approximate surface area is 42.6 Å². The van der Waals surface area contributed by atoms with E-state index in [4.69, 9.17) is 4.79 Å². The van der Waals surface area contributed by atoms with E-state index in [2.05, 4.69) is 16.0 Å². The normalized spacial score (nSPS) is 5.57. The SMILES string of the molecule is CNN.COC=O. The van der Waals surface area contributed by atoms with E-state index in [0.717, 1.165) is 0 Å². The standard InChI is InChI=1S/C2H4O2.CH6N2/c1-4-2-3;1-3-2/h2H,1H3;3H,2H2,1H3. The van der Waals surface area contributed by atoms with Gasteiger partial charge in [0.15, 0.2) is 0 Å². The number of nitrogens with two attached hydrogens (primary N) is 1. The van der Waals surface area contributed by atoms with Gasteiger partial charge >= 0.3 is 0 Å². The predicted molar refractivity (Wildman–Crippen MR) is 26.3 cm³/mol. The predicted octanol–water partition coefficient (Wildman–Crippen LogP) is -1.13. The molecule has 0 aromatic heterocycles. The monoisotopic (exact) mass is 106 g/mol. The summed E-state index contributed by atoms with van der Waals surface area (Å²) in [5.74, 6) is 4.60. The van der Waals surface area contributed by atoms with Gasteiger partial charge in [-0.2, -0.15) is 0 Å². The molecule has 0 bridgehead atoms. The van der Waals surface area contributed by atoms with Crippen LogP contribution in [0.4, 0.5) is 0 Å². The Morgan fingerprint density at radius 3 is 2.00 bits per heavy atom. The minimum atomic E-state index is 0.375. The largest absolute Gasteiger partial charge is 0.471 e. The third kappa shape index (κ3) is 407. The van der Waals surface area contributed by atoms with Gasteiger partial charge in [-0.25, -0.2) is 0 Å². The first-order chi connectivity index (χ1) is 3.33. The Bertz CT molecular complexity index is 32.1. The zero-order valence-corrected chi connectivity index (χ0v) is 4.47. The average Bonchev–Trinajstić information content (AvgIpc) is 1.69. The Balaban J connectivity index is 0. The number of rotatable bonds is 1. The second-order valence-electron chi connectivity index (χ2n) is 0.621. The van der Waals surface area contributed by atoms with Crippen LogP contribution in [-0.2, 0) is 9.53 Å². The molecule has 4 nitrogen and oxygen atoms in total. The van der Waals surface area contributed by atoms with Gasteiger partial charge < -0.3 is 4.74 Å². The molecule has 0 aliphatic carbocycles. The van der Waals surface area contributed by atoms with Crippen LogP contribution in [0.25, 0.3) is 0 Å². The molecule has 3 N–H and O–H groups in total. The molecule has 44 valence electrons. The van der Waals surface area contributed by atoms with Crippen molar-refractivity contribution >= 4 is 6.47 Å². The van der Waals surface area contributed by atoms with Gasteiger partial charge in [0.25, 0.3) is 6.47 Å². The minimum absolute atomic E-state index is 0.375. The molecule has 0 amide bonds. The molecule has 0 unspecified atom stereocenters. The van der Waals surface area contributed by atoms with Crippen molar-refractivity contribution in [2.75, 3.05) is 14.2 Å². The lowest BCUT2D eigenvalue weighted by atomic mass is 11.5. The summed E-state index contributed by atoms with van der Waals surface area (Å²) in [6.45, 7) is 0.375. The maximum Gasteiger partial charge on any atom is 0.292 e. The molecule has 0 heterocycles. The molecule has 7 heavy (non-hydrogen) atoms. The van der Waals surface area contributed by atoms with Crippen LogP contribution in [0, 0.1) is 0 Å². The minimum Gasteiger partial charge on any atom is -0.471 e. The van der Waals surface area contributed by atoms with Gasteiger partial charge in [0.2, 0.25) is 0 Å². The summed E-state index contributed by atoms with van der Waals surface area (Å²) >= 11 is 0. The summed E-state index contributed by atoms with van der Waals surface area (Å²) in [6, 6.07) is 0. The van der Waals surface area contributed by atoms with Crippen LogP contribution < -0.4 is 11.3 Å². The van der Waals surface area contributed by atoms with Crippen molar-refractivity contribution in [1.82, 2.24) is 5.43 Å². The Hall–Kier alpha value is -0.610. The summed E-state index contributed by atoms with van der Waals surface area (Å²) in [7, 11) is 2.97. The molecule has 0 spiro atoms. The number of methoxy groups -OCH3 is 1. The van der Waals surface area contributed by atoms with Gasteiger partial charge in [-0.3, -0.25) is 16.1 Å². The van der Waals surface area contributed by atoms with Crippen LogP contribution in [0.2, 0.25) is 0 Å². The Kier molecular flexibility index (Phi) is 25.0. The second-order valence-corrected chi connectivity index (χ2v) is 0.621. The van der Waals surface area contributed by atoms with Crippen molar-refractivity contribution in [2.45, 2.75) is 0 Å². The molecule has 4 heteroatoms. The van der Waals surface area contributed by atoms with Gasteiger partial charge in [-0.15, -0.1) is 0 Å². The van der Waals surface area contributed by atoms with Gasteiger partial charge in [-0.1, -0.05) is 0 Å². The number of hydrogen-bond acceptors (Lipinski definition) is 4. The first kappa shape index (κ1) is 9.63. The second kappa shape index (κ2) is 18.2. The van der Waals surface area contributed by atoms with Crippen molar-refractivity contribution in [3.63, 3.8) is 0 Å². The topological polar surface area (TPSA) is 64.3 Å². The van der Waals surface area contributed by atoms with E-state index in [1.807, 2.05) is 0 Å². The maximum atomic E-state index is 8.95. The summed E-state index contributed by atoms with van der Waals surface area (Å²) in [5, 5.41) is 0. The molecule has 0 saturated carbocycles. The maximum absolute atomic E-state index is 8.95. The molecule has 0 aliphatic rings. The molecule has 0 aliphatic heterocycles. The van der Waals surface area contributed by atoms with Crippen LogP contribution in [0.1, 0.15) is 0 Å². The van der Waals surface area contributed by atoms with E-state index in [1.165, 1.54) is 7.11 Å². The van der Waals surface area contributed by atoms with Gasteiger partial charge in [0.1, 0.15) is 0 Å². The summed E-state index contributed by atoms with van der Waals surface area (Å²) in [6.07, 6.45) is 0. The molecule has 0 aromatic rings. The van der Waals surface area contributed by atoms with Crippen molar-refractivity contribution in [3.05, 3.63) is 0 Å². The first-order valence-electron chi connectivity index (χ1n) is 1.67. The van der Waals surface area contributed by atoms with E-state index in [9.17, 15) is 0 Å². The number of hydrogen-bond donors (Lipinski definition) is 2. The highest BCUT2D eigenvalue weighted by atomic mass is 16.5. The van der Waals surface area contributed by atoms with E-state index >= 15 is 0 Å². The lowest BCUT2D eigenvalue weighted by Gasteiger charge is -1.67. The molecule has 0 saturated heterocycles. The number of carbonyl (C=O) groups excluding carboxylic acids is 1. The van der Waals surface area contributed by atoms with E-state index in [0.29, 0.717) is 6.47 Å². The summed E-state index contributed by atoms with van der Waals surface area (Å²) in [4.78, 5) is 8.95. The third-order valence-electron chi connectivity index (χ3n) is 0.0962. The first-order valence-corrected chi connectivity index (χ1v) is 1.67. The molecule has 0 rings (SSSR count). The molecule has 0 atom stereocenters. The highest BCUT2D eigenvalue weighted by Crippen LogP contribution is 1.35. The van der Waals surface area contributed by atoms with Crippen LogP contribution >= 0.6 is 0 Å². The quantitative estimate of drug-likeness (QED) is 0.252. The van der Waals surface area contributed by atoms with E-state index in [1.54, 1.807) is 7.05 Å². The smallest absolute Gasteiger partial charge is 0.292 e. The summed E-state index contributed by atoms with van der Waals surface area (Å²) < 4.78 is 3.86. The van der Waals surface area contributed by atoms with Crippen molar-refractivity contribution < 1.29 is 9.53 Å². The molecule has 0 fully saturated rings. The van der Waals surface area contributed by atoms with Crippen LogP contribution in [0.15, 0.2) is 0 Å². The van der Waals surface area contributed by atoms with E-state index < -0.39 is 0 Å². The van der Waals surface area contributed by atoms with Gasteiger partial charge in [-0.05, 0) is 7.05 Å². The number of hydrazine groups is 1. The van der Waals surface area contributed by atoms with E-state index in [-0.39, 0.29) is 0 Å². The fraction of sp³-hybridized carbons (Fsp3) is 0.667. The summed E-state index contributed by atoms with van der Waals surface area (Å²) in [5.41, 5.74) is 2.25. The van der Waals surface area contributed by atoms with Crippen molar-refractivity contribution in [2.24, 2.45) is 5.84 Å². The van der Waals surface area contributed by atoms with Crippen LogP contribution in [-0.4, -0.2) is 20.6 Å². The highest BCUT2D eigenvalue weighted by molar-refractivity contribution is 5.36. The van der Waals surface area contributed by atoms with Gasteiger partial charge in [0.05, 0.1) is 7.11 Å². The zero-order chi connectivity index (χ0) is 6.12. The highest BCUT2D eigenvalue weighted by Gasteiger charge is 1.44. The fourth-order valence-electron chi connectivity index (χ4n) is 0. The van der Waals surface area contributed by atoms with Crippen molar-refractivity contribution in [1.29, 1.82) is 0 Å². The van der Waals surface area contributed by atoms with Crippen LogP contribution in [0.3, 0.4) is 0 Å². The van der Waals surface area contributed by atoms with Gasteiger partial charge in [0, 0.05) is 0 Å². The molecule has 0 aromatic carbocycles. The number of ether oxygens (including phenoxy) is 1. The molecular weight excluding hydrogens is 96.0 g/mol.